The van der Waals surface area contributed by atoms with Gasteiger partial charge >= 0.3 is 17.9 Å². The first-order chi connectivity index (χ1) is 13.5. The fourth-order valence-corrected chi connectivity index (χ4v) is 2.40. The Kier molecular flexibility index (Phi) is 7.73. The minimum Gasteiger partial charge on any atom is -0.478 e. The zero-order chi connectivity index (χ0) is 22.3. The van der Waals surface area contributed by atoms with E-state index in [4.69, 9.17) is 20.6 Å². The molecule has 0 spiro atoms. The van der Waals surface area contributed by atoms with Crippen molar-refractivity contribution in [3.8, 4) is 6.07 Å². The summed E-state index contributed by atoms with van der Waals surface area (Å²) < 4.78 is 0. The zero-order valence-corrected chi connectivity index (χ0v) is 16.4. The van der Waals surface area contributed by atoms with Crippen LogP contribution >= 0.6 is 0 Å². The largest absolute Gasteiger partial charge is 0.478 e. The lowest BCUT2D eigenvalue weighted by molar-refractivity contribution is 0.0682. The van der Waals surface area contributed by atoms with E-state index in [0.717, 1.165) is 6.07 Å². The minimum atomic E-state index is -1.14. The molecule has 0 radical (unpaired) electrons. The smallest absolute Gasteiger partial charge is 0.337 e. The van der Waals surface area contributed by atoms with Crippen LogP contribution in [0.15, 0.2) is 36.4 Å². The Morgan fingerprint density at radius 2 is 1.21 bits per heavy atom. The molecule has 0 bridgehead atoms. The van der Waals surface area contributed by atoms with Crippen molar-refractivity contribution in [1.29, 1.82) is 5.26 Å². The maximum Gasteiger partial charge on any atom is 0.337 e. The molecule has 3 N–H and O–H groups in total. The summed E-state index contributed by atoms with van der Waals surface area (Å²) in [5.74, 6) is -3.30. The van der Waals surface area contributed by atoms with Crippen molar-refractivity contribution in [2.24, 2.45) is 0 Å². The van der Waals surface area contributed by atoms with Gasteiger partial charge in [-0.05, 0) is 36.4 Å². The number of hydrogen-bond acceptors (Lipinski definition) is 6. The fraction of sp³-hybridized carbons (Fsp3) is 0.200. The highest BCUT2D eigenvalue weighted by Gasteiger charge is 2.15. The first-order valence-corrected chi connectivity index (χ1v) is 8.22. The van der Waals surface area contributed by atoms with Crippen molar-refractivity contribution >= 4 is 29.3 Å². The molecule has 0 heterocycles. The molecule has 0 aliphatic rings. The number of anilines is 2. The maximum absolute atomic E-state index is 10.9. The molecular formula is C20H21N3O6. The van der Waals surface area contributed by atoms with E-state index in [-0.39, 0.29) is 16.7 Å². The van der Waals surface area contributed by atoms with E-state index in [2.05, 4.69) is 0 Å². The topological polar surface area (TPSA) is 142 Å². The normalized spacial score (nSPS) is 9.48. The lowest BCUT2D eigenvalue weighted by atomic mass is 10.1. The Bertz CT molecular complexity index is 977. The van der Waals surface area contributed by atoms with Gasteiger partial charge in [-0.1, -0.05) is 0 Å². The molecule has 0 amide bonds. The van der Waals surface area contributed by atoms with Crippen LogP contribution in [-0.2, 0) is 0 Å². The van der Waals surface area contributed by atoms with E-state index in [1.54, 1.807) is 50.1 Å². The Morgan fingerprint density at radius 1 is 0.759 bits per heavy atom. The molecule has 9 heteroatoms. The third-order valence-corrected chi connectivity index (χ3v) is 3.79. The van der Waals surface area contributed by atoms with Gasteiger partial charge in [-0.15, -0.1) is 0 Å². The van der Waals surface area contributed by atoms with Gasteiger partial charge in [0.25, 0.3) is 0 Å². The Morgan fingerprint density at radius 3 is 1.59 bits per heavy atom. The third-order valence-electron chi connectivity index (χ3n) is 3.79. The van der Waals surface area contributed by atoms with Gasteiger partial charge in [-0.2, -0.15) is 5.26 Å². The van der Waals surface area contributed by atoms with Crippen molar-refractivity contribution in [3.05, 3.63) is 58.7 Å². The van der Waals surface area contributed by atoms with Crippen LogP contribution in [0.1, 0.15) is 36.6 Å². The van der Waals surface area contributed by atoms with Crippen LogP contribution in [0.3, 0.4) is 0 Å². The van der Waals surface area contributed by atoms with E-state index in [0.29, 0.717) is 16.9 Å². The highest BCUT2D eigenvalue weighted by Crippen LogP contribution is 2.21. The van der Waals surface area contributed by atoms with Crippen molar-refractivity contribution in [1.82, 2.24) is 0 Å². The summed E-state index contributed by atoms with van der Waals surface area (Å²) in [4.78, 5) is 35.7. The van der Waals surface area contributed by atoms with Gasteiger partial charge in [0, 0.05) is 28.2 Å². The first kappa shape index (κ1) is 23.0. The second kappa shape index (κ2) is 9.75. The van der Waals surface area contributed by atoms with E-state index in [9.17, 15) is 14.4 Å². The van der Waals surface area contributed by atoms with E-state index in [1.807, 2.05) is 6.07 Å². The molecular weight excluding hydrogens is 378 g/mol. The molecule has 0 saturated carbocycles. The third kappa shape index (κ3) is 5.97. The number of carboxylic acids is 3. The van der Waals surface area contributed by atoms with Crippen molar-refractivity contribution in [3.63, 3.8) is 0 Å². The van der Waals surface area contributed by atoms with Gasteiger partial charge in [0.05, 0.1) is 39.7 Å². The molecule has 9 nitrogen and oxygen atoms in total. The molecule has 0 atom stereocenters. The molecule has 0 fully saturated rings. The van der Waals surface area contributed by atoms with Gasteiger partial charge in [-0.3, -0.25) is 0 Å². The quantitative estimate of drug-likeness (QED) is 0.691. The van der Waals surface area contributed by atoms with Gasteiger partial charge < -0.3 is 25.1 Å². The second-order valence-electron chi connectivity index (χ2n) is 6.28. The summed E-state index contributed by atoms with van der Waals surface area (Å²) in [6.45, 7) is 0. The molecule has 29 heavy (non-hydrogen) atoms. The summed E-state index contributed by atoms with van der Waals surface area (Å²) in [5.41, 5.74) is 1.53. The van der Waals surface area contributed by atoms with E-state index >= 15 is 0 Å². The van der Waals surface area contributed by atoms with Gasteiger partial charge in [0.1, 0.15) is 0 Å². The predicted octanol–water partition coefficient (Wildman–Crippen LogP) is 2.47. The summed E-state index contributed by atoms with van der Waals surface area (Å²) >= 11 is 0. The molecule has 2 aromatic carbocycles. The number of aromatic carboxylic acids is 3. The highest BCUT2D eigenvalue weighted by atomic mass is 16.4. The second-order valence-corrected chi connectivity index (χ2v) is 6.28. The van der Waals surface area contributed by atoms with Crippen molar-refractivity contribution in [2.45, 2.75) is 0 Å². The Labute approximate surface area is 167 Å². The van der Waals surface area contributed by atoms with E-state index in [1.165, 1.54) is 18.2 Å². The fourth-order valence-electron chi connectivity index (χ4n) is 2.40. The maximum atomic E-state index is 10.9. The van der Waals surface area contributed by atoms with Crippen LogP contribution in [0.2, 0.25) is 0 Å². The van der Waals surface area contributed by atoms with Crippen LogP contribution in [0.25, 0.3) is 0 Å². The van der Waals surface area contributed by atoms with Gasteiger partial charge in [0.2, 0.25) is 0 Å². The molecule has 0 aliphatic heterocycles. The average Bonchev–Trinajstić information content (AvgIpc) is 2.67. The van der Waals surface area contributed by atoms with Crippen LogP contribution in [-0.4, -0.2) is 61.4 Å². The molecule has 0 aliphatic carbocycles. The SMILES string of the molecule is CN(C)c1ccc(C#N)cc1C(=O)O.CN(C)c1ccc(C(=O)O)cc1C(=O)O. The first-order valence-electron chi connectivity index (χ1n) is 8.22. The van der Waals surface area contributed by atoms with Crippen LogP contribution in [0.5, 0.6) is 0 Å². The number of nitriles is 1. The molecule has 0 aromatic heterocycles. The lowest BCUT2D eigenvalue weighted by Crippen LogP contribution is -2.14. The standard InChI is InChI=1S/C10H10N2O2.C10H11NO4/c1-12(2)9-4-3-7(6-11)5-8(9)10(13)14;1-11(2)8-4-3-6(9(12)13)5-7(8)10(14)15/h3-5H,1-2H3,(H,13,14);3-5H,1-2H3,(H,12,13)(H,14,15). The Balaban J connectivity index is 0.000000291. The predicted molar refractivity (Wildman–Crippen MR) is 107 cm³/mol. The monoisotopic (exact) mass is 399 g/mol. The van der Waals surface area contributed by atoms with Crippen molar-refractivity contribution in [2.75, 3.05) is 38.0 Å². The van der Waals surface area contributed by atoms with Crippen LogP contribution in [0, 0.1) is 11.3 Å². The zero-order valence-electron chi connectivity index (χ0n) is 16.4. The summed E-state index contributed by atoms with van der Waals surface area (Å²) in [6, 6.07) is 10.5. The van der Waals surface area contributed by atoms with Crippen LogP contribution < -0.4 is 9.80 Å². The molecule has 0 saturated heterocycles. The number of benzene rings is 2. The summed E-state index contributed by atoms with van der Waals surface area (Å²) in [7, 11) is 6.91. The number of nitrogens with zero attached hydrogens (tertiary/aromatic N) is 3. The number of carbonyl (C=O) groups is 3. The highest BCUT2D eigenvalue weighted by molar-refractivity contribution is 5.98. The number of hydrogen-bond donors (Lipinski definition) is 3. The van der Waals surface area contributed by atoms with E-state index < -0.39 is 17.9 Å². The molecule has 2 aromatic rings. The molecule has 2 rings (SSSR count). The van der Waals surface area contributed by atoms with Crippen LogP contribution in [0.4, 0.5) is 11.4 Å². The number of carboxylic acid groups (broad SMARTS) is 3. The lowest BCUT2D eigenvalue weighted by Gasteiger charge is -2.15. The average molecular weight is 399 g/mol. The number of rotatable bonds is 5. The summed E-state index contributed by atoms with van der Waals surface area (Å²) in [5, 5.41) is 35.1. The summed E-state index contributed by atoms with van der Waals surface area (Å²) in [6.07, 6.45) is 0. The van der Waals surface area contributed by atoms with Crippen molar-refractivity contribution < 1.29 is 29.7 Å². The molecule has 152 valence electrons. The van der Waals surface area contributed by atoms with Gasteiger partial charge in [-0.25, -0.2) is 14.4 Å². The molecule has 0 unspecified atom stereocenters. The van der Waals surface area contributed by atoms with Gasteiger partial charge in [0.15, 0.2) is 0 Å². The minimum absolute atomic E-state index is 0.0140. The Hall–Kier alpha value is -4.06.